The topological polar surface area (TPSA) is 115 Å². The molecule has 0 spiro atoms. The van der Waals surface area contributed by atoms with Crippen LogP contribution in [0.3, 0.4) is 0 Å². The molecule has 1 aromatic carbocycles. The third kappa shape index (κ3) is 1.60. The van der Waals surface area contributed by atoms with E-state index in [0.717, 1.165) is 51.6 Å². The minimum Gasteiger partial charge on any atom is -0.508 e. The first kappa shape index (κ1) is 15.5. The molecule has 8 nitrogen and oxygen atoms in total. The van der Waals surface area contributed by atoms with E-state index in [1.54, 1.807) is 6.07 Å². The summed E-state index contributed by atoms with van der Waals surface area (Å²) in [5.74, 6) is 0.220. The molecule has 0 atom stereocenters. The van der Waals surface area contributed by atoms with Crippen LogP contribution in [0, 0.1) is 6.92 Å². The van der Waals surface area contributed by atoms with E-state index < -0.39 is 5.91 Å². The van der Waals surface area contributed by atoms with Crippen molar-refractivity contribution in [3.8, 4) is 5.75 Å². The fourth-order valence-electron chi connectivity index (χ4n) is 4.61. The SMILES string of the molecule is Cc1c(O)ccc2c1n1c(N)c(C(N)=O)c3c(C4CC4)nc4c(c31)n2c[n+]4C. The standard InChI is InChI=1S/C20H18N6O2/c1-8-11(27)6-5-10-15(8)26-16-12(13(18(26)21)19(22)28)14(9-3-4-9)23-20-17(16)25(10)7-24(20)2/h5-7,9H,3-4H2,1-2H3,(H4-,21,22,27,28)/p+1. The van der Waals surface area contributed by atoms with Gasteiger partial charge in [0.05, 0.1) is 23.5 Å². The molecule has 5 N–H and O–H groups in total. The zero-order valence-corrected chi connectivity index (χ0v) is 15.5. The van der Waals surface area contributed by atoms with Gasteiger partial charge in [0, 0.05) is 11.5 Å². The smallest absolute Gasteiger partial charge is 0.304 e. The van der Waals surface area contributed by atoms with E-state index in [1.165, 1.54) is 0 Å². The Morgan fingerprint density at radius 2 is 2.04 bits per heavy atom. The second-order valence-electron chi connectivity index (χ2n) is 7.80. The Bertz CT molecular complexity index is 1490. The van der Waals surface area contributed by atoms with Crippen molar-refractivity contribution < 1.29 is 14.5 Å². The van der Waals surface area contributed by atoms with Crippen LogP contribution in [0.1, 0.15) is 40.4 Å². The van der Waals surface area contributed by atoms with Crippen LogP contribution >= 0.6 is 0 Å². The molecule has 4 heterocycles. The first-order valence-corrected chi connectivity index (χ1v) is 9.27. The number of fused-ring (bicyclic) bond motifs is 3. The predicted octanol–water partition coefficient (Wildman–Crippen LogP) is 1.73. The molecule has 1 saturated carbocycles. The number of imidazole rings is 1. The van der Waals surface area contributed by atoms with Crippen LogP contribution in [0.25, 0.3) is 33.1 Å². The number of hydrogen-bond acceptors (Lipinski definition) is 4. The molecule has 1 aliphatic rings. The highest BCUT2D eigenvalue weighted by Gasteiger charge is 2.38. The molecule has 0 aliphatic heterocycles. The highest BCUT2D eigenvalue weighted by atomic mass is 16.3. The lowest BCUT2D eigenvalue weighted by Gasteiger charge is -2.10. The summed E-state index contributed by atoms with van der Waals surface area (Å²) in [5.41, 5.74) is 18.4. The summed E-state index contributed by atoms with van der Waals surface area (Å²) < 4.78 is 5.90. The Balaban J connectivity index is 2.06. The summed E-state index contributed by atoms with van der Waals surface area (Å²) in [5, 5.41) is 11.1. The Morgan fingerprint density at radius 3 is 2.71 bits per heavy atom. The largest absolute Gasteiger partial charge is 0.508 e. The third-order valence-electron chi connectivity index (χ3n) is 6.06. The fraction of sp³-hybridized carbons (Fsp3) is 0.250. The molecule has 0 saturated heterocycles. The van der Waals surface area contributed by atoms with Crippen molar-refractivity contribution in [2.75, 3.05) is 5.73 Å². The molecule has 140 valence electrons. The van der Waals surface area contributed by atoms with E-state index in [1.807, 2.05) is 39.7 Å². The average molecular weight is 375 g/mol. The van der Waals surface area contributed by atoms with Crippen LogP contribution in [-0.4, -0.2) is 24.8 Å². The molecule has 0 radical (unpaired) electrons. The molecule has 1 aliphatic carbocycles. The van der Waals surface area contributed by atoms with E-state index in [-0.39, 0.29) is 5.75 Å². The molecule has 4 aromatic heterocycles. The number of nitrogens with zero attached hydrogens (tertiary/aromatic N) is 4. The summed E-state index contributed by atoms with van der Waals surface area (Å²) in [6.45, 7) is 1.85. The minimum atomic E-state index is -0.562. The van der Waals surface area contributed by atoms with Gasteiger partial charge in [-0.2, -0.15) is 0 Å². The molecular weight excluding hydrogens is 356 g/mol. The number of aromatic hydroxyl groups is 1. The summed E-state index contributed by atoms with van der Waals surface area (Å²) in [4.78, 5) is 17.4. The lowest BCUT2D eigenvalue weighted by atomic mass is 10.1. The van der Waals surface area contributed by atoms with Gasteiger partial charge in [-0.1, -0.05) is 0 Å². The van der Waals surface area contributed by atoms with Gasteiger partial charge in [0.2, 0.25) is 5.52 Å². The van der Waals surface area contributed by atoms with Gasteiger partial charge in [-0.3, -0.25) is 9.20 Å². The number of pyridine rings is 1. The van der Waals surface area contributed by atoms with Gasteiger partial charge in [-0.05, 0) is 31.9 Å². The fourth-order valence-corrected chi connectivity index (χ4v) is 4.61. The first-order valence-electron chi connectivity index (χ1n) is 9.27. The number of phenolic OH excluding ortho intramolecular Hbond substituents is 1. The molecular formula is C20H19N6O2+. The van der Waals surface area contributed by atoms with Crippen molar-refractivity contribution in [2.45, 2.75) is 25.7 Å². The van der Waals surface area contributed by atoms with Crippen LogP contribution in [0.2, 0.25) is 0 Å². The Hall–Kier alpha value is -3.55. The maximum atomic E-state index is 12.4. The van der Waals surface area contributed by atoms with Gasteiger partial charge in [0.15, 0.2) is 6.33 Å². The molecule has 28 heavy (non-hydrogen) atoms. The highest BCUT2D eigenvalue weighted by Crippen LogP contribution is 2.47. The molecule has 1 amide bonds. The number of rotatable bonds is 2. The molecule has 0 bridgehead atoms. The van der Waals surface area contributed by atoms with E-state index >= 15 is 0 Å². The van der Waals surface area contributed by atoms with Crippen LogP contribution in [0.4, 0.5) is 5.82 Å². The highest BCUT2D eigenvalue weighted by molar-refractivity contribution is 6.19. The Labute approximate surface area is 158 Å². The van der Waals surface area contributed by atoms with E-state index in [9.17, 15) is 9.90 Å². The van der Waals surface area contributed by atoms with Crippen molar-refractivity contribution in [1.29, 1.82) is 0 Å². The number of aryl methyl sites for hydroxylation is 2. The summed E-state index contributed by atoms with van der Waals surface area (Å²) >= 11 is 0. The van der Waals surface area contributed by atoms with E-state index in [4.69, 9.17) is 16.5 Å². The second-order valence-corrected chi connectivity index (χ2v) is 7.80. The number of benzene rings is 1. The van der Waals surface area contributed by atoms with Gasteiger partial charge >= 0.3 is 5.65 Å². The normalized spacial score (nSPS) is 14.9. The predicted molar refractivity (Wildman–Crippen MR) is 105 cm³/mol. The van der Waals surface area contributed by atoms with Crippen LogP contribution in [0.5, 0.6) is 5.75 Å². The van der Waals surface area contributed by atoms with Gasteiger partial charge < -0.3 is 16.6 Å². The maximum absolute atomic E-state index is 12.4. The first-order chi connectivity index (χ1) is 13.4. The maximum Gasteiger partial charge on any atom is 0.304 e. The monoisotopic (exact) mass is 375 g/mol. The van der Waals surface area contributed by atoms with Crippen molar-refractivity contribution in [3.63, 3.8) is 0 Å². The summed E-state index contributed by atoms with van der Waals surface area (Å²) in [6.07, 6.45) is 4.05. The number of nitrogens with two attached hydrogens (primary N) is 2. The van der Waals surface area contributed by atoms with Gasteiger partial charge in [0.25, 0.3) is 5.91 Å². The van der Waals surface area contributed by atoms with Crippen LogP contribution in [0.15, 0.2) is 18.5 Å². The zero-order valence-electron chi connectivity index (χ0n) is 15.5. The third-order valence-corrected chi connectivity index (χ3v) is 6.06. The molecule has 5 aromatic rings. The van der Waals surface area contributed by atoms with Crippen LogP contribution < -0.4 is 16.0 Å². The Morgan fingerprint density at radius 1 is 1.29 bits per heavy atom. The number of anilines is 1. The number of phenols is 1. The van der Waals surface area contributed by atoms with Crippen molar-refractivity contribution >= 4 is 44.8 Å². The number of amides is 1. The van der Waals surface area contributed by atoms with Crippen molar-refractivity contribution in [2.24, 2.45) is 12.8 Å². The lowest BCUT2D eigenvalue weighted by Crippen LogP contribution is -2.26. The zero-order chi connectivity index (χ0) is 19.5. The molecule has 1 fully saturated rings. The average Bonchev–Trinajstić information content (AvgIpc) is 3.37. The molecule has 0 unspecified atom stereocenters. The second kappa shape index (κ2) is 4.64. The lowest BCUT2D eigenvalue weighted by molar-refractivity contribution is -0.647. The van der Waals surface area contributed by atoms with Gasteiger partial charge in [-0.25, -0.2) is 8.97 Å². The summed E-state index contributed by atoms with van der Waals surface area (Å²) in [6, 6.07) is 3.52. The number of nitrogen functional groups attached to an aromatic ring is 1. The summed E-state index contributed by atoms with van der Waals surface area (Å²) in [7, 11) is 1.96. The number of carbonyl (C=O) groups is 1. The van der Waals surface area contributed by atoms with Crippen LogP contribution in [-0.2, 0) is 7.05 Å². The van der Waals surface area contributed by atoms with Gasteiger partial charge in [0.1, 0.15) is 28.3 Å². The molecule has 6 rings (SSSR count). The Kier molecular flexibility index (Phi) is 2.57. The number of hydrogen-bond donors (Lipinski definition) is 3. The number of aromatic nitrogens is 4. The molecule has 8 heteroatoms. The van der Waals surface area contributed by atoms with Crippen molar-refractivity contribution in [1.82, 2.24) is 13.8 Å². The quantitative estimate of drug-likeness (QED) is 0.322. The van der Waals surface area contributed by atoms with E-state index in [2.05, 4.69) is 0 Å². The van der Waals surface area contributed by atoms with Crippen molar-refractivity contribution in [3.05, 3.63) is 35.3 Å². The van der Waals surface area contributed by atoms with Gasteiger partial charge in [-0.15, -0.1) is 4.98 Å². The van der Waals surface area contributed by atoms with E-state index in [0.29, 0.717) is 22.9 Å². The number of carbonyl (C=O) groups excluding carboxylic acids is 1. The minimum absolute atomic E-state index is 0.174. The number of primary amides is 1.